The summed E-state index contributed by atoms with van der Waals surface area (Å²) >= 11 is 0. The van der Waals surface area contributed by atoms with Gasteiger partial charge in [-0.25, -0.2) is 9.59 Å². The van der Waals surface area contributed by atoms with E-state index in [0.717, 1.165) is 5.56 Å². The topological polar surface area (TPSA) is 83.1 Å². The van der Waals surface area contributed by atoms with E-state index in [1.807, 2.05) is 23.7 Å². The highest BCUT2D eigenvalue weighted by Crippen LogP contribution is 2.17. The van der Waals surface area contributed by atoms with Crippen LogP contribution in [0.1, 0.15) is 5.56 Å². The highest BCUT2D eigenvalue weighted by molar-refractivity contribution is 5.70. The fourth-order valence-corrected chi connectivity index (χ4v) is 1.60. The number of benzene rings is 2. The Morgan fingerprint density at radius 2 is 1.61 bits per heavy atom. The molecular weight excluding hydrogens is 302 g/mol. The zero-order chi connectivity index (χ0) is 16.5. The minimum absolute atomic E-state index is 0.0591. The maximum atomic E-state index is 11.4. The van der Waals surface area contributed by atoms with Crippen LogP contribution < -0.4 is 15.0 Å². The van der Waals surface area contributed by atoms with E-state index in [4.69, 9.17) is 14.2 Å². The summed E-state index contributed by atoms with van der Waals surface area (Å²) in [5.41, 5.74) is 2.64. The fraction of sp³-hybridized carbons (Fsp3) is 0.125. The number of carbonyl (C=O) groups excluding carboxylic acids is 2. The second-order valence-corrected chi connectivity index (χ2v) is 4.29. The second-order valence-electron chi connectivity index (χ2n) is 4.29. The van der Waals surface area contributed by atoms with Crippen LogP contribution in [0.4, 0.5) is 9.59 Å². The minimum atomic E-state index is -1.09. The van der Waals surface area contributed by atoms with E-state index in [-0.39, 0.29) is 12.4 Å². The Balaban J connectivity index is 1.69. The Labute approximate surface area is 132 Å². The van der Waals surface area contributed by atoms with Gasteiger partial charge < -0.3 is 19.0 Å². The van der Waals surface area contributed by atoms with E-state index in [9.17, 15) is 9.59 Å². The number of nitrogens with one attached hydrogen (secondary N) is 1. The summed E-state index contributed by atoms with van der Waals surface area (Å²) in [6, 6.07) is 15.4. The van der Waals surface area contributed by atoms with Crippen molar-refractivity contribution in [2.75, 3.05) is 7.11 Å². The van der Waals surface area contributed by atoms with Gasteiger partial charge in [0.05, 0.1) is 7.11 Å². The SMILES string of the molecule is COc1ccc(OC(=O)ONC(=O)OCc2ccccc2)cc1. The Morgan fingerprint density at radius 1 is 0.957 bits per heavy atom. The highest BCUT2D eigenvalue weighted by Gasteiger charge is 2.10. The average Bonchev–Trinajstić information content (AvgIpc) is 2.60. The van der Waals surface area contributed by atoms with Crippen LogP contribution in [0.2, 0.25) is 0 Å². The van der Waals surface area contributed by atoms with Crippen molar-refractivity contribution < 1.29 is 28.6 Å². The molecule has 0 atom stereocenters. The molecule has 0 aromatic heterocycles. The maximum absolute atomic E-state index is 11.4. The molecule has 0 unspecified atom stereocenters. The molecule has 2 aromatic carbocycles. The number of ether oxygens (including phenoxy) is 3. The molecule has 0 aliphatic rings. The molecule has 0 spiro atoms. The zero-order valence-electron chi connectivity index (χ0n) is 12.4. The highest BCUT2D eigenvalue weighted by atomic mass is 16.8. The van der Waals surface area contributed by atoms with Crippen LogP contribution in [-0.2, 0) is 16.2 Å². The molecule has 1 N–H and O–H groups in total. The zero-order valence-corrected chi connectivity index (χ0v) is 12.4. The predicted molar refractivity (Wildman–Crippen MR) is 79.9 cm³/mol. The second kappa shape index (κ2) is 8.28. The Hall–Kier alpha value is -3.22. The molecular formula is C16H15NO6. The predicted octanol–water partition coefficient (Wildman–Crippen LogP) is 3.05. The molecule has 0 bridgehead atoms. The van der Waals surface area contributed by atoms with Crippen molar-refractivity contribution in [1.29, 1.82) is 0 Å². The first kappa shape index (κ1) is 16.2. The van der Waals surface area contributed by atoms with Crippen molar-refractivity contribution in [2.24, 2.45) is 0 Å². The third kappa shape index (κ3) is 5.58. The van der Waals surface area contributed by atoms with Crippen LogP contribution in [0, 0.1) is 0 Å². The lowest BCUT2D eigenvalue weighted by molar-refractivity contribution is 0.0363. The van der Waals surface area contributed by atoms with E-state index in [2.05, 4.69) is 4.84 Å². The lowest BCUT2D eigenvalue weighted by Crippen LogP contribution is -2.29. The number of hydrogen-bond acceptors (Lipinski definition) is 6. The molecule has 0 aliphatic carbocycles. The van der Waals surface area contributed by atoms with E-state index in [1.54, 1.807) is 24.3 Å². The summed E-state index contributed by atoms with van der Waals surface area (Å²) in [6.07, 6.45) is -1.99. The quantitative estimate of drug-likeness (QED) is 0.530. The first-order valence-electron chi connectivity index (χ1n) is 6.67. The summed E-state index contributed by atoms with van der Waals surface area (Å²) < 4.78 is 14.7. The van der Waals surface area contributed by atoms with Crippen molar-refractivity contribution in [3.05, 3.63) is 60.2 Å². The van der Waals surface area contributed by atoms with E-state index >= 15 is 0 Å². The van der Waals surface area contributed by atoms with Gasteiger partial charge in [-0.1, -0.05) is 30.3 Å². The van der Waals surface area contributed by atoms with Gasteiger partial charge in [0.2, 0.25) is 0 Å². The van der Waals surface area contributed by atoms with Crippen LogP contribution in [0.5, 0.6) is 11.5 Å². The number of carbonyl (C=O) groups is 2. The third-order valence-electron chi connectivity index (χ3n) is 2.69. The third-order valence-corrected chi connectivity index (χ3v) is 2.69. The van der Waals surface area contributed by atoms with E-state index < -0.39 is 12.2 Å². The monoisotopic (exact) mass is 317 g/mol. The molecule has 2 rings (SSSR count). The van der Waals surface area contributed by atoms with Gasteiger partial charge >= 0.3 is 12.2 Å². The van der Waals surface area contributed by atoms with Crippen LogP contribution in [0.15, 0.2) is 54.6 Å². The average molecular weight is 317 g/mol. The number of methoxy groups -OCH3 is 1. The number of hydroxylamine groups is 1. The number of rotatable bonds is 4. The smallest absolute Gasteiger partial charge is 0.497 e. The van der Waals surface area contributed by atoms with E-state index in [0.29, 0.717) is 5.75 Å². The molecule has 0 aliphatic heterocycles. The van der Waals surface area contributed by atoms with Crippen molar-refractivity contribution in [1.82, 2.24) is 5.48 Å². The number of hydrogen-bond donors (Lipinski definition) is 1. The van der Waals surface area contributed by atoms with Crippen molar-refractivity contribution in [2.45, 2.75) is 6.61 Å². The first-order valence-corrected chi connectivity index (χ1v) is 6.67. The van der Waals surface area contributed by atoms with Gasteiger partial charge in [-0.05, 0) is 29.8 Å². The number of amides is 1. The van der Waals surface area contributed by atoms with Gasteiger partial charge in [0, 0.05) is 0 Å². The largest absolute Gasteiger partial charge is 0.539 e. The van der Waals surface area contributed by atoms with Gasteiger partial charge in [-0.3, -0.25) is 0 Å². The van der Waals surface area contributed by atoms with Crippen LogP contribution in [0.3, 0.4) is 0 Å². The Bertz CT molecular complexity index is 641. The standard InChI is InChI=1S/C16H15NO6/c1-20-13-7-9-14(10-8-13)22-16(19)23-17-15(18)21-11-12-5-3-2-4-6-12/h2-10H,11H2,1H3,(H,17,18). The molecule has 0 heterocycles. The van der Waals surface area contributed by atoms with Gasteiger partial charge in [0.1, 0.15) is 18.1 Å². The summed E-state index contributed by atoms with van der Waals surface area (Å²) in [6.45, 7) is 0.0591. The summed E-state index contributed by atoms with van der Waals surface area (Å²) in [5, 5.41) is 0. The summed E-state index contributed by atoms with van der Waals surface area (Å²) in [4.78, 5) is 27.2. The molecule has 0 radical (unpaired) electrons. The molecule has 0 saturated heterocycles. The maximum Gasteiger partial charge on any atom is 0.539 e. The summed E-state index contributed by atoms with van der Waals surface area (Å²) in [7, 11) is 1.52. The molecule has 120 valence electrons. The van der Waals surface area contributed by atoms with Crippen LogP contribution in [-0.4, -0.2) is 19.4 Å². The van der Waals surface area contributed by atoms with E-state index in [1.165, 1.54) is 19.2 Å². The molecule has 7 nitrogen and oxygen atoms in total. The van der Waals surface area contributed by atoms with Crippen molar-refractivity contribution in [3.8, 4) is 11.5 Å². The molecule has 2 aromatic rings. The van der Waals surface area contributed by atoms with Gasteiger partial charge in [-0.2, -0.15) is 0 Å². The van der Waals surface area contributed by atoms with Gasteiger partial charge in [0.25, 0.3) is 0 Å². The van der Waals surface area contributed by atoms with Gasteiger partial charge in [0.15, 0.2) is 0 Å². The first-order chi connectivity index (χ1) is 11.2. The lowest BCUT2D eigenvalue weighted by atomic mass is 10.2. The molecule has 0 fully saturated rings. The molecule has 7 heteroatoms. The van der Waals surface area contributed by atoms with Crippen molar-refractivity contribution >= 4 is 12.2 Å². The van der Waals surface area contributed by atoms with Crippen LogP contribution >= 0.6 is 0 Å². The normalized spacial score (nSPS) is 9.61. The molecule has 1 amide bonds. The summed E-state index contributed by atoms with van der Waals surface area (Å²) in [5.74, 6) is 0.864. The fourth-order valence-electron chi connectivity index (χ4n) is 1.60. The van der Waals surface area contributed by atoms with Crippen molar-refractivity contribution in [3.63, 3.8) is 0 Å². The minimum Gasteiger partial charge on any atom is -0.497 e. The van der Waals surface area contributed by atoms with Gasteiger partial charge in [-0.15, -0.1) is 5.48 Å². The van der Waals surface area contributed by atoms with Crippen LogP contribution in [0.25, 0.3) is 0 Å². The Kier molecular flexibility index (Phi) is 5.81. The Morgan fingerprint density at radius 3 is 2.26 bits per heavy atom. The molecule has 23 heavy (non-hydrogen) atoms. The lowest BCUT2D eigenvalue weighted by Gasteiger charge is -2.07. The molecule has 0 saturated carbocycles.